The minimum atomic E-state index is -0.747. The van der Waals surface area contributed by atoms with Crippen LogP contribution >= 0.6 is 0 Å². The van der Waals surface area contributed by atoms with Crippen LogP contribution in [-0.2, 0) is 20.1 Å². The van der Waals surface area contributed by atoms with Crippen molar-refractivity contribution in [2.45, 2.75) is 51.8 Å². The van der Waals surface area contributed by atoms with E-state index in [0.29, 0.717) is 37.0 Å². The van der Waals surface area contributed by atoms with Gasteiger partial charge in [-0.3, -0.25) is 13.9 Å². The van der Waals surface area contributed by atoms with E-state index in [1.54, 1.807) is 17.9 Å². The molecular weight excluding hydrogens is 300 g/mol. The lowest BCUT2D eigenvalue weighted by atomic mass is 10.1. The molecule has 2 rings (SSSR count). The Morgan fingerprint density at radius 1 is 1.26 bits per heavy atom. The lowest BCUT2D eigenvalue weighted by Gasteiger charge is -2.10. The van der Waals surface area contributed by atoms with Crippen molar-refractivity contribution in [3.63, 3.8) is 0 Å². The fraction of sp³-hybridized carbons (Fsp3) is 0.667. The van der Waals surface area contributed by atoms with Gasteiger partial charge in [-0.05, 0) is 25.7 Å². The number of aliphatic hydroxyl groups is 2. The summed E-state index contributed by atoms with van der Waals surface area (Å²) in [5, 5.41) is 18.1. The van der Waals surface area contributed by atoms with Gasteiger partial charge in [0.25, 0.3) is 5.56 Å². The van der Waals surface area contributed by atoms with Crippen LogP contribution in [0.1, 0.15) is 32.6 Å². The van der Waals surface area contributed by atoms with Gasteiger partial charge in [0, 0.05) is 20.1 Å². The molecule has 23 heavy (non-hydrogen) atoms. The van der Waals surface area contributed by atoms with Crippen molar-refractivity contribution in [3.8, 4) is 0 Å². The Bertz CT molecular complexity index is 774. The van der Waals surface area contributed by atoms with E-state index in [0.717, 1.165) is 6.42 Å². The molecule has 8 heteroatoms. The number of aryl methyl sites for hydroxylation is 2. The summed E-state index contributed by atoms with van der Waals surface area (Å²) >= 11 is 0. The van der Waals surface area contributed by atoms with E-state index in [2.05, 4.69) is 4.98 Å². The Hall–Kier alpha value is -1.93. The first kappa shape index (κ1) is 17.4. The largest absolute Gasteiger partial charge is 0.394 e. The minimum absolute atomic E-state index is 0.274. The van der Waals surface area contributed by atoms with Gasteiger partial charge in [-0.25, -0.2) is 9.78 Å². The lowest BCUT2D eigenvalue weighted by Crippen LogP contribution is -2.39. The normalized spacial score (nSPS) is 12.9. The van der Waals surface area contributed by atoms with Gasteiger partial charge in [-0.2, -0.15) is 0 Å². The molecule has 1 atom stereocenters. The number of hydrogen-bond acceptors (Lipinski definition) is 5. The van der Waals surface area contributed by atoms with Gasteiger partial charge in [0.05, 0.1) is 19.0 Å². The average molecular weight is 324 g/mol. The topological polar surface area (TPSA) is 102 Å². The Labute approximate surface area is 133 Å². The Kier molecular flexibility index (Phi) is 5.73. The van der Waals surface area contributed by atoms with Gasteiger partial charge in [0.15, 0.2) is 11.2 Å². The summed E-state index contributed by atoms with van der Waals surface area (Å²) in [4.78, 5) is 29.2. The number of fused-ring (bicyclic) bond motifs is 1. The minimum Gasteiger partial charge on any atom is -0.394 e. The second-order valence-electron chi connectivity index (χ2n) is 5.74. The summed E-state index contributed by atoms with van der Waals surface area (Å²) in [5.74, 6) is 0. The molecule has 128 valence electrons. The SMILES string of the molecule is CCCn1cnc2c1c(=O)n(CCCCC(O)CO)c(=O)n2C. The highest BCUT2D eigenvalue weighted by atomic mass is 16.3. The number of unbranched alkanes of at least 4 members (excludes halogenated alkanes) is 1. The fourth-order valence-corrected chi connectivity index (χ4v) is 2.67. The monoisotopic (exact) mass is 324 g/mol. The third kappa shape index (κ3) is 3.53. The Morgan fingerprint density at radius 2 is 2.00 bits per heavy atom. The van der Waals surface area contributed by atoms with E-state index in [9.17, 15) is 14.7 Å². The molecule has 0 spiro atoms. The van der Waals surface area contributed by atoms with Gasteiger partial charge in [0.1, 0.15) is 0 Å². The van der Waals surface area contributed by atoms with Gasteiger partial charge in [-0.1, -0.05) is 6.92 Å². The van der Waals surface area contributed by atoms with Crippen LogP contribution in [0.3, 0.4) is 0 Å². The summed E-state index contributed by atoms with van der Waals surface area (Å²) < 4.78 is 4.40. The van der Waals surface area contributed by atoms with Crippen LogP contribution in [0.5, 0.6) is 0 Å². The van der Waals surface area contributed by atoms with Crippen LogP contribution in [0.2, 0.25) is 0 Å². The molecule has 0 radical (unpaired) electrons. The summed E-state index contributed by atoms with van der Waals surface area (Å²) in [6.45, 7) is 2.70. The van der Waals surface area contributed by atoms with Crippen LogP contribution in [0.4, 0.5) is 0 Å². The molecule has 8 nitrogen and oxygen atoms in total. The predicted molar refractivity (Wildman–Crippen MR) is 86.5 cm³/mol. The zero-order valence-electron chi connectivity index (χ0n) is 13.6. The first-order valence-corrected chi connectivity index (χ1v) is 7.94. The molecule has 2 N–H and O–H groups in total. The van der Waals surface area contributed by atoms with E-state index in [-0.39, 0.29) is 24.4 Å². The highest BCUT2D eigenvalue weighted by Gasteiger charge is 2.15. The van der Waals surface area contributed by atoms with Crippen molar-refractivity contribution in [2.24, 2.45) is 7.05 Å². The van der Waals surface area contributed by atoms with Crippen molar-refractivity contribution >= 4 is 11.2 Å². The molecule has 0 aliphatic heterocycles. The highest BCUT2D eigenvalue weighted by molar-refractivity contribution is 5.69. The number of hydrogen-bond donors (Lipinski definition) is 2. The zero-order valence-corrected chi connectivity index (χ0v) is 13.6. The summed E-state index contributed by atoms with van der Waals surface area (Å²) in [5.41, 5.74) is 0.147. The molecule has 0 saturated carbocycles. The molecule has 1 unspecified atom stereocenters. The van der Waals surface area contributed by atoms with E-state index in [1.165, 1.54) is 9.13 Å². The second kappa shape index (κ2) is 7.56. The molecule has 0 bridgehead atoms. The van der Waals surface area contributed by atoms with E-state index in [1.807, 2.05) is 6.92 Å². The predicted octanol–water partition coefficient (Wildman–Crippen LogP) is -0.170. The van der Waals surface area contributed by atoms with Crippen molar-refractivity contribution in [3.05, 3.63) is 27.2 Å². The molecule has 0 fully saturated rings. The van der Waals surface area contributed by atoms with E-state index >= 15 is 0 Å². The second-order valence-corrected chi connectivity index (χ2v) is 5.74. The number of aromatic nitrogens is 4. The van der Waals surface area contributed by atoms with Gasteiger partial charge < -0.3 is 14.8 Å². The number of rotatable bonds is 8. The molecule has 2 heterocycles. The summed E-state index contributed by atoms with van der Waals surface area (Å²) in [7, 11) is 1.61. The average Bonchev–Trinajstić information content (AvgIpc) is 2.96. The third-order valence-corrected chi connectivity index (χ3v) is 3.95. The smallest absolute Gasteiger partial charge is 0.332 e. The molecule has 0 aliphatic rings. The first-order chi connectivity index (χ1) is 11.0. The Balaban J connectivity index is 2.30. The number of nitrogens with zero attached hydrogens (tertiary/aromatic N) is 4. The Morgan fingerprint density at radius 3 is 2.65 bits per heavy atom. The maximum absolute atomic E-state index is 12.6. The molecular formula is C15H24N4O4. The van der Waals surface area contributed by atoms with E-state index in [4.69, 9.17) is 5.11 Å². The van der Waals surface area contributed by atoms with E-state index < -0.39 is 6.10 Å². The molecule has 2 aromatic rings. The van der Waals surface area contributed by atoms with Crippen LogP contribution in [0, 0.1) is 0 Å². The quantitative estimate of drug-likeness (QED) is 0.656. The van der Waals surface area contributed by atoms with Crippen molar-refractivity contribution in [1.82, 2.24) is 18.7 Å². The third-order valence-electron chi connectivity index (χ3n) is 3.95. The standard InChI is InChI=1S/C15H24N4O4/c1-3-7-18-10-16-13-12(18)14(22)19(15(23)17(13)2)8-5-4-6-11(21)9-20/h10-11,20-21H,3-9H2,1-2H3. The maximum Gasteiger partial charge on any atom is 0.332 e. The molecule has 2 aromatic heterocycles. The maximum atomic E-state index is 12.6. The molecule has 0 amide bonds. The zero-order chi connectivity index (χ0) is 17.0. The number of imidazole rings is 1. The van der Waals surface area contributed by atoms with Gasteiger partial charge in [0.2, 0.25) is 0 Å². The fourth-order valence-electron chi connectivity index (χ4n) is 2.67. The van der Waals surface area contributed by atoms with Crippen molar-refractivity contribution < 1.29 is 10.2 Å². The van der Waals surface area contributed by atoms with Gasteiger partial charge in [-0.15, -0.1) is 0 Å². The lowest BCUT2D eigenvalue weighted by molar-refractivity contribution is 0.0858. The molecule has 0 saturated heterocycles. The molecule has 0 aliphatic carbocycles. The first-order valence-electron chi connectivity index (χ1n) is 7.94. The van der Waals surface area contributed by atoms with Crippen LogP contribution in [-0.4, -0.2) is 41.6 Å². The van der Waals surface area contributed by atoms with Gasteiger partial charge >= 0.3 is 5.69 Å². The van der Waals surface area contributed by atoms with Crippen LogP contribution in [0.15, 0.2) is 15.9 Å². The number of aliphatic hydroxyl groups excluding tert-OH is 2. The van der Waals surface area contributed by atoms with Crippen molar-refractivity contribution in [2.75, 3.05) is 6.61 Å². The summed E-state index contributed by atoms with van der Waals surface area (Å²) in [6.07, 6.45) is 3.37. The molecule has 0 aromatic carbocycles. The van der Waals surface area contributed by atoms with Crippen LogP contribution in [0.25, 0.3) is 11.2 Å². The summed E-state index contributed by atoms with van der Waals surface area (Å²) in [6, 6.07) is 0. The van der Waals surface area contributed by atoms with Crippen LogP contribution < -0.4 is 11.2 Å². The van der Waals surface area contributed by atoms with Crippen molar-refractivity contribution in [1.29, 1.82) is 0 Å². The highest BCUT2D eigenvalue weighted by Crippen LogP contribution is 2.07.